The van der Waals surface area contributed by atoms with Crippen LogP contribution in [0.2, 0.25) is 0 Å². The van der Waals surface area contributed by atoms with Gasteiger partial charge in [0.15, 0.2) is 0 Å². The first-order chi connectivity index (χ1) is 11.3. The number of morpholine rings is 1. The lowest BCUT2D eigenvalue weighted by molar-refractivity contribution is 0.0185. The van der Waals surface area contributed by atoms with Crippen molar-refractivity contribution in [3.63, 3.8) is 0 Å². The fourth-order valence-corrected chi connectivity index (χ4v) is 3.62. The fraction of sp³-hybridized carbons (Fsp3) is 0.444. The second-order valence-corrected chi connectivity index (χ2v) is 6.22. The normalized spacial score (nSPS) is 22.6. The van der Waals surface area contributed by atoms with E-state index >= 15 is 0 Å². The number of aromatic nitrogens is 1. The molecule has 2 aliphatic rings. The molecule has 2 saturated heterocycles. The second-order valence-electron chi connectivity index (χ2n) is 6.22. The molecule has 2 aromatic rings. The van der Waals surface area contributed by atoms with Crippen molar-refractivity contribution in [2.75, 3.05) is 39.4 Å². The third kappa shape index (κ3) is 2.82. The van der Waals surface area contributed by atoms with Crippen molar-refractivity contribution >= 4 is 16.8 Å². The molecule has 0 bridgehead atoms. The molecular weight excluding hydrogens is 290 g/mol. The zero-order valence-electron chi connectivity index (χ0n) is 13.1. The van der Waals surface area contributed by atoms with E-state index in [1.54, 1.807) is 6.20 Å². The summed E-state index contributed by atoms with van der Waals surface area (Å²) >= 11 is 0. The largest absolute Gasteiger partial charge is 0.379 e. The third-order valence-corrected chi connectivity index (χ3v) is 4.89. The van der Waals surface area contributed by atoms with E-state index in [1.807, 2.05) is 35.2 Å². The van der Waals surface area contributed by atoms with Gasteiger partial charge >= 0.3 is 0 Å². The van der Waals surface area contributed by atoms with E-state index in [4.69, 9.17) is 4.74 Å². The summed E-state index contributed by atoms with van der Waals surface area (Å²) in [5, 5.41) is 0.940. The first kappa shape index (κ1) is 14.6. The monoisotopic (exact) mass is 311 g/mol. The summed E-state index contributed by atoms with van der Waals surface area (Å²) in [6, 6.07) is 10.1. The van der Waals surface area contributed by atoms with E-state index in [1.165, 1.54) is 0 Å². The Kier molecular flexibility index (Phi) is 3.97. The van der Waals surface area contributed by atoms with Gasteiger partial charge in [-0.25, -0.2) is 0 Å². The van der Waals surface area contributed by atoms with Crippen molar-refractivity contribution in [3.8, 4) is 0 Å². The summed E-state index contributed by atoms with van der Waals surface area (Å²) in [6.45, 7) is 5.21. The standard InChI is InChI=1S/C18H21N3O2/c22-18(16-5-7-19-17-4-2-1-3-15(16)17)21-8-6-14(13-21)20-9-11-23-12-10-20/h1-5,7,14H,6,8-13H2. The van der Waals surface area contributed by atoms with Gasteiger partial charge in [0.1, 0.15) is 0 Å². The first-order valence-corrected chi connectivity index (χ1v) is 8.28. The molecule has 1 aromatic carbocycles. The summed E-state index contributed by atoms with van der Waals surface area (Å²) < 4.78 is 5.42. The van der Waals surface area contributed by atoms with E-state index in [-0.39, 0.29) is 5.91 Å². The number of carbonyl (C=O) groups excluding carboxylic acids is 1. The number of rotatable bonds is 2. The Morgan fingerprint density at radius 3 is 2.83 bits per heavy atom. The van der Waals surface area contributed by atoms with Crippen molar-refractivity contribution < 1.29 is 9.53 Å². The van der Waals surface area contributed by atoms with Crippen LogP contribution in [0.25, 0.3) is 10.9 Å². The number of hydrogen-bond donors (Lipinski definition) is 0. The highest BCUT2D eigenvalue weighted by molar-refractivity contribution is 6.06. The van der Waals surface area contributed by atoms with E-state index < -0.39 is 0 Å². The molecule has 1 unspecified atom stereocenters. The molecule has 23 heavy (non-hydrogen) atoms. The summed E-state index contributed by atoms with van der Waals surface area (Å²) in [4.78, 5) is 21.7. The SMILES string of the molecule is O=C(c1ccnc2ccccc12)N1CCC(N2CCOCC2)C1. The number of para-hydroxylation sites is 1. The molecular formula is C18H21N3O2. The van der Waals surface area contributed by atoms with Crippen LogP contribution >= 0.6 is 0 Å². The van der Waals surface area contributed by atoms with Crippen molar-refractivity contribution in [1.29, 1.82) is 0 Å². The van der Waals surface area contributed by atoms with Crippen molar-refractivity contribution in [2.24, 2.45) is 0 Å². The lowest BCUT2D eigenvalue weighted by Gasteiger charge is -2.32. The lowest BCUT2D eigenvalue weighted by atomic mass is 10.1. The van der Waals surface area contributed by atoms with Crippen LogP contribution in [0.5, 0.6) is 0 Å². The molecule has 5 nitrogen and oxygen atoms in total. The molecule has 0 spiro atoms. The van der Waals surface area contributed by atoms with Gasteiger partial charge in [-0.1, -0.05) is 18.2 Å². The highest BCUT2D eigenvalue weighted by Crippen LogP contribution is 2.22. The predicted octanol–water partition coefficient (Wildman–Crippen LogP) is 1.78. The zero-order chi connectivity index (χ0) is 15.6. The van der Waals surface area contributed by atoms with Crippen LogP contribution in [0.15, 0.2) is 36.5 Å². The van der Waals surface area contributed by atoms with E-state index in [2.05, 4.69) is 9.88 Å². The van der Waals surface area contributed by atoms with Crippen LogP contribution in [-0.4, -0.2) is 66.1 Å². The average molecular weight is 311 g/mol. The maximum absolute atomic E-state index is 12.9. The number of benzene rings is 1. The Morgan fingerprint density at radius 2 is 1.96 bits per heavy atom. The Bertz CT molecular complexity index is 707. The van der Waals surface area contributed by atoms with Gasteiger partial charge in [0.25, 0.3) is 5.91 Å². The Morgan fingerprint density at radius 1 is 1.13 bits per heavy atom. The quantitative estimate of drug-likeness (QED) is 0.848. The Balaban J connectivity index is 1.53. The van der Waals surface area contributed by atoms with Gasteiger partial charge in [0.05, 0.1) is 24.3 Å². The topological polar surface area (TPSA) is 45.7 Å². The molecule has 0 aliphatic carbocycles. The summed E-state index contributed by atoms with van der Waals surface area (Å²) in [5.41, 5.74) is 1.64. The van der Waals surface area contributed by atoms with Crippen LogP contribution < -0.4 is 0 Å². The van der Waals surface area contributed by atoms with Crippen LogP contribution in [0.3, 0.4) is 0 Å². The summed E-state index contributed by atoms with van der Waals surface area (Å²) in [7, 11) is 0. The maximum Gasteiger partial charge on any atom is 0.254 e. The van der Waals surface area contributed by atoms with Crippen molar-refractivity contribution in [3.05, 3.63) is 42.1 Å². The number of amides is 1. The van der Waals surface area contributed by atoms with Gasteiger partial charge in [-0.15, -0.1) is 0 Å². The van der Waals surface area contributed by atoms with Crippen LogP contribution in [0, 0.1) is 0 Å². The average Bonchev–Trinajstić information content (AvgIpc) is 3.11. The molecule has 1 amide bonds. The van der Waals surface area contributed by atoms with Gasteiger partial charge < -0.3 is 9.64 Å². The fourth-order valence-electron chi connectivity index (χ4n) is 3.62. The van der Waals surface area contributed by atoms with Gasteiger partial charge in [0.2, 0.25) is 0 Å². The second kappa shape index (κ2) is 6.26. The molecule has 120 valence electrons. The molecule has 0 radical (unpaired) electrons. The molecule has 5 heteroatoms. The molecule has 1 atom stereocenters. The third-order valence-electron chi connectivity index (χ3n) is 4.89. The smallest absolute Gasteiger partial charge is 0.254 e. The number of fused-ring (bicyclic) bond motifs is 1. The summed E-state index contributed by atoms with van der Waals surface area (Å²) in [6.07, 6.45) is 2.78. The van der Waals surface area contributed by atoms with E-state index in [0.29, 0.717) is 6.04 Å². The van der Waals surface area contributed by atoms with Crippen molar-refractivity contribution in [2.45, 2.75) is 12.5 Å². The van der Waals surface area contributed by atoms with E-state index in [9.17, 15) is 4.79 Å². The van der Waals surface area contributed by atoms with E-state index in [0.717, 1.165) is 62.3 Å². The van der Waals surface area contributed by atoms with Crippen LogP contribution in [0.4, 0.5) is 0 Å². The number of pyridine rings is 1. The molecule has 0 saturated carbocycles. The zero-order valence-corrected chi connectivity index (χ0v) is 13.1. The van der Waals surface area contributed by atoms with Crippen LogP contribution in [-0.2, 0) is 4.74 Å². The number of nitrogens with zero attached hydrogens (tertiary/aromatic N) is 3. The minimum Gasteiger partial charge on any atom is -0.379 e. The van der Waals surface area contributed by atoms with Gasteiger partial charge in [-0.3, -0.25) is 14.7 Å². The lowest BCUT2D eigenvalue weighted by Crippen LogP contribution is -2.45. The Hall–Kier alpha value is -1.98. The molecule has 0 N–H and O–H groups in total. The minimum absolute atomic E-state index is 0.124. The molecule has 4 rings (SSSR count). The number of ether oxygens (including phenoxy) is 1. The number of carbonyl (C=O) groups is 1. The molecule has 3 heterocycles. The van der Waals surface area contributed by atoms with Gasteiger partial charge in [-0.2, -0.15) is 0 Å². The number of hydrogen-bond acceptors (Lipinski definition) is 4. The van der Waals surface area contributed by atoms with Crippen LogP contribution in [0.1, 0.15) is 16.8 Å². The van der Waals surface area contributed by atoms with Gasteiger partial charge in [-0.05, 0) is 18.6 Å². The molecule has 2 aliphatic heterocycles. The number of likely N-dealkylation sites (tertiary alicyclic amines) is 1. The molecule has 1 aromatic heterocycles. The predicted molar refractivity (Wildman–Crippen MR) is 88.4 cm³/mol. The summed E-state index contributed by atoms with van der Waals surface area (Å²) in [5.74, 6) is 0.124. The van der Waals surface area contributed by atoms with Gasteiger partial charge in [0, 0.05) is 43.8 Å². The Labute approximate surface area is 135 Å². The molecule has 2 fully saturated rings. The maximum atomic E-state index is 12.9. The van der Waals surface area contributed by atoms with Crippen molar-refractivity contribution in [1.82, 2.24) is 14.8 Å². The first-order valence-electron chi connectivity index (χ1n) is 8.28. The minimum atomic E-state index is 0.124. The highest BCUT2D eigenvalue weighted by atomic mass is 16.5. The highest BCUT2D eigenvalue weighted by Gasteiger charge is 2.31.